The second kappa shape index (κ2) is 4.96. The molecule has 0 aliphatic rings. The standard InChI is InChI=1S/C10H9FN2O2/c11-9-5-8(2-1-7(9)6-12)13-4-3-10(14)15/h1-2,5,13H,3-4H2,(H,14,15). The SMILES string of the molecule is N#Cc1ccc(NCCC(=O)O)cc1F. The van der Waals surface area contributed by atoms with E-state index in [4.69, 9.17) is 10.4 Å². The van der Waals surface area contributed by atoms with Crippen LogP contribution in [0, 0.1) is 17.1 Å². The predicted molar refractivity (Wildman–Crippen MR) is 51.9 cm³/mol. The zero-order valence-electron chi connectivity index (χ0n) is 7.83. The summed E-state index contributed by atoms with van der Waals surface area (Å²) < 4.78 is 13.1. The molecule has 1 aromatic rings. The smallest absolute Gasteiger partial charge is 0.305 e. The van der Waals surface area contributed by atoms with E-state index in [0.717, 1.165) is 0 Å². The molecule has 0 aromatic heterocycles. The lowest BCUT2D eigenvalue weighted by Gasteiger charge is -2.04. The summed E-state index contributed by atoms with van der Waals surface area (Å²) in [5.41, 5.74) is 0.437. The molecule has 0 saturated carbocycles. The third kappa shape index (κ3) is 3.27. The molecular weight excluding hydrogens is 199 g/mol. The molecule has 5 heteroatoms. The van der Waals surface area contributed by atoms with Crippen molar-refractivity contribution in [3.8, 4) is 6.07 Å². The topological polar surface area (TPSA) is 73.1 Å². The van der Waals surface area contributed by atoms with Crippen LogP contribution in [0.2, 0.25) is 0 Å². The summed E-state index contributed by atoms with van der Waals surface area (Å²) in [4.78, 5) is 10.2. The Kier molecular flexibility index (Phi) is 3.63. The lowest BCUT2D eigenvalue weighted by Crippen LogP contribution is -2.07. The zero-order valence-corrected chi connectivity index (χ0v) is 7.83. The summed E-state index contributed by atoms with van der Waals surface area (Å²) >= 11 is 0. The highest BCUT2D eigenvalue weighted by Gasteiger charge is 2.02. The lowest BCUT2D eigenvalue weighted by atomic mass is 10.2. The molecule has 2 N–H and O–H groups in total. The number of benzene rings is 1. The molecule has 78 valence electrons. The molecule has 0 heterocycles. The number of hydrogen-bond acceptors (Lipinski definition) is 3. The van der Waals surface area contributed by atoms with E-state index in [2.05, 4.69) is 5.32 Å². The third-order valence-corrected chi connectivity index (χ3v) is 1.76. The molecule has 0 aliphatic carbocycles. The minimum atomic E-state index is -0.920. The van der Waals surface area contributed by atoms with Crippen LogP contribution in [0.5, 0.6) is 0 Å². The van der Waals surface area contributed by atoms with E-state index in [1.807, 2.05) is 0 Å². The maximum absolute atomic E-state index is 13.1. The highest BCUT2D eigenvalue weighted by atomic mass is 19.1. The molecular formula is C10H9FN2O2. The van der Waals surface area contributed by atoms with Gasteiger partial charge in [0.15, 0.2) is 0 Å². The van der Waals surface area contributed by atoms with E-state index in [1.54, 1.807) is 6.07 Å². The predicted octanol–water partition coefficient (Wildman–Crippen LogP) is 1.58. The molecule has 15 heavy (non-hydrogen) atoms. The quantitative estimate of drug-likeness (QED) is 0.787. The van der Waals surface area contributed by atoms with Crippen molar-refractivity contribution in [1.29, 1.82) is 5.26 Å². The van der Waals surface area contributed by atoms with Gasteiger partial charge in [-0.3, -0.25) is 4.79 Å². The van der Waals surface area contributed by atoms with Crippen LogP contribution >= 0.6 is 0 Å². The second-order valence-electron chi connectivity index (χ2n) is 2.88. The molecule has 0 atom stereocenters. The summed E-state index contributed by atoms with van der Waals surface area (Å²) in [6.45, 7) is 0.223. The Hall–Kier alpha value is -2.09. The minimum Gasteiger partial charge on any atom is -0.481 e. The van der Waals surface area contributed by atoms with E-state index in [1.165, 1.54) is 18.2 Å². The van der Waals surface area contributed by atoms with Crippen LogP contribution < -0.4 is 5.32 Å². The van der Waals surface area contributed by atoms with Crippen LogP contribution in [0.25, 0.3) is 0 Å². The van der Waals surface area contributed by atoms with Crippen molar-refractivity contribution in [2.75, 3.05) is 11.9 Å². The van der Waals surface area contributed by atoms with Crippen LogP contribution in [-0.4, -0.2) is 17.6 Å². The summed E-state index contributed by atoms with van der Waals surface area (Å²) in [5.74, 6) is -1.53. The van der Waals surface area contributed by atoms with Crippen molar-refractivity contribution in [3.63, 3.8) is 0 Å². The van der Waals surface area contributed by atoms with Gasteiger partial charge in [-0.15, -0.1) is 0 Å². The Morgan fingerprint density at radius 3 is 2.87 bits per heavy atom. The highest BCUT2D eigenvalue weighted by molar-refractivity contribution is 5.67. The number of carboxylic acid groups (broad SMARTS) is 1. The Morgan fingerprint density at radius 2 is 2.33 bits per heavy atom. The normalized spacial score (nSPS) is 9.33. The van der Waals surface area contributed by atoms with Gasteiger partial charge in [0, 0.05) is 12.2 Å². The number of hydrogen-bond donors (Lipinski definition) is 2. The third-order valence-electron chi connectivity index (χ3n) is 1.76. The van der Waals surface area contributed by atoms with Gasteiger partial charge in [0.05, 0.1) is 12.0 Å². The molecule has 0 radical (unpaired) electrons. The summed E-state index contributed by atoms with van der Waals surface area (Å²) in [6.07, 6.45) is -0.0401. The number of carbonyl (C=O) groups is 1. The van der Waals surface area contributed by atoms with Gasteiger partial charge in [0.2, 0.25) is 0 Å². The summed E-state index contributed by atoms with van der Waals surface area (Å²) in [7, 11) is 0. The number of nitrogens with zero attached hydrogens (tertiary/aromatic N) is 1. The van der Waals surface area contributed by atoms with Crippen LogP contribution in [0.3, 0.4) is 0 Å². The van der Waals surface area contributed by atoms with Crippen molar-refractivity contribution in [1.82, 2.24) is 0 Å². The fraction of sp³-hybridized carbons (Fsp3) is 0.200. The average molecular weight is 208 g/mol. The molecule has 0 aliphatic heterocycles. The van der Waals surface area contributed by atoms with Crippen LogP contribution in [0.1, 0.15) is 12.0 Å². The first-order chi connectivity index (χ1) is 7.13. The van der Waals surface area contributed by atoms with Gasteiger partial charge >= 0.3 is 5.97 Å². The van der Waals surface area contributed by atoms with Crippen molar-refractivity contribution >= 4 is 11.7 Å². The summed E-state index contributed by atoms with van der Waals surface area (Å²) in [5, 5.41) is 19.6. The number of carboxylic acids is 1. The number of nitriles is 1. The number of halogens is 1. The van der Waals surface area contributed by atoms with E-state index in [-0.39, 0.29) is 18.5 Å². The number of rotatable bonds is 4. The first-order valence-corrected chi connectivity index (χ1v) is 4.29. The fourth-order valence-electron chi connectivity index (χ4n) is 1.03. The maximum atomic E-state index is 13.1. The fourth-order valence-corrected chi connectivity index (χ4v) is 1.03. The van der Waals surface area contributed by atoms with E-state index in [0.29, 0.717) is 5.69 Å². The molecule has 1 rings (SSSR count). The molecule has 0 unspecified atom stereocenters. The van der Waals surface area contributed by atoms with Crippen molar-refractivity contribution in [3.05, 3.63) is 29.6 Å². The molecule has 4 nitrogen and oxygen atoms in total. The molecule has 0 saturated heterocycles. The minimum absolute atomic E-state index is 0.0289. The Balaban J connectivity index is 2.60. The second-order valence-corrected chi connectivity index (χ2v) is 2.88. The average Bonchev–Trinajstić information content (AvgIpc) is 2.17. The molecule has 0 amide bonds. The number of aliphatic carboxylic acids is 1. The van der Waals surface area contributed by atoms with Crippen LogP contribution in [0.4, 0.5) is 10.1 Å². The highest BCUT2D eigenvalue weighted by Crippen LogP contribution is 2.13. The van der Waals surface area contributed by atoms with E-state index in [9.17, 15) is 9.18 Å². The van der Waals surface area contributed by atoms with Gasteiger partial charge in [-0.2, -0.15) is 5.26 Å². The number of anilines is 1. The largest absolute Gasteiger partial charge is 0.481 e. The van der Waals surface area contributed by atoms with Crippen molar-refractivity contribution in [2.45, 2.75) is 6.42 Å². The van der Waals surface area contributed by atoms with Crippen molar-refractivity contribution < 1.29 is 14.3 Å². The van der Waals surface area contributed by atoms with Gasteiger partial charge in [-0.05, 0) is 18.2 Å². The molecule has 0 fully saturated rings. The molecule has 0 spiro atoms. The van der Waals surface area contributed by atoms with Crippen LogP contribution in [0.15, 0.2) is 18.2 Å². The van der Waals surface area contributed by atoms with E-state index < -0.39 is 11.8 Å². The lowest BCUT2D eigenvalue weighted by molar-refractivity contribution is -0.136. The van der Waals surface area contributed by atoms with Gasteiger partial charge in [0.25, 0.3) is 0 Å². The zero-order chi connectivity index (χ0) is 11.3. The van der Waals surface area contributed by atoms with Gasteiger partial charge < -0.3 is 10.4 Å². The molecule has 1 aromatic carbocycles. The van der Waals surface area contributed by atoms with Gasteiger partial charge in [0.1, 0.15) is 11.9 Å². The Bertz CT molecular complexity index is 412. The first-order valence-electron chi connectivity index (χ1n) is 4.29. The van der Waals surface area contributed by atoms with Gasteiger partial charge in [-0.25, -0.2) is 4.39 Å². The monoisotopic (exact) mass is 208 g/mol. The first kappa shape index (κ1) is 11.0. The Labute approximate surface area is 86.0 Å². The van der Waals surface area contributed by atoms with Crippen molar-refractivity contribution in [2.24, 2.45) is 0 Å². The molecule has 0 bridgehead atoms. The van der Waals surface area contributed by atoms with E-state index >= 15 is 0 Å². The van der Waals surface area contributed by atoms with Crippen LogP contribution in [-0.2, 0) is 4.79 Å². The Morgan fingerprint density at radius 1 is 1.60 bits per heavy atom. The van der Waals surface area contributed by atoms with Gasteiger partial charge in [-0.1, -0.05) is 0 Å². The summed E-state index contributed by atoms with van der Waals surface area (Å²) in [6, 6.07) is 5.74. The number of nitrogens with one attached hydrogen (secondary N) is 1. The maximum Gasteiger partial charge on any atom is 0.305 e.